The highest BCUT2D eigenvalue weighted by Gasteiger charge is 2.29. The van der Waals surface area contributed by atoms with Gasteiger partial charge in [0, 0.05) is 12.1 Å². The molecule has 2 rings (SSSR count). The molecule has 5 nitrogen and oxygen atoms in total. The zero-order chi connectivity index (χ0) is 12.5. The summed E-state index contributed by atoms with van der Waals surface area (Å²) in [6, 6.07) is 0. The van der Waals surface area contributed by atoms with Crippen molar-refractivity contribution in [3.8, 4) is 0 Å². The molecule has 1 aromatic rings. The highest BCUT2D eigenvalue weighted by molar-refractivity contribution is 5.04. The molecule has 1 unspecified atom stereocenters. The molecule has 17 heavy (non-hydrogen) atoms. The number of aliphatic hydroxyl groups excluding tert-OH is 1. The van der Waals surface area contributed by atoms with Gasteiger partial charge in [0.15, 0.2) is 11.6 Å². The van der Waals surface area contributed by atoms with E-state index >= 15 is 0 Å². The number of hydrogen-bond donors (Lipinski definition) is 1. The lowest BCUT2D eigenvalue weighted by molar-refractivity contribution is 0.00469. The molecular formula is C12H21N3O2. The number of aliphatic hydroxyl groups is 1. The average molecular weight is 239 g/mol. The van der Waals surface area contributed by atoms with E-state index in [1.54, 1.807) is 0 Å². The summed E-state index contributed by atoms with van der Waals surface area (Å²) in [4.78, 5) is 0. The van der Waals surface area contributed by atoms with E-state index in [1.165, 1.54) is 0 Å². The van der Waals surface area contributed by atoms with Gasteiger partial charge in [0.05, 0.1) is 0 Å². The molecule has 0 spiro atoms. The maximum absolute atomic E-state index is 9.33. The average Bonchev–Trinajstić information content (AvgIpc) is 2.73. The number of rotatable bonds is 2. The van der Waals surface area contributed by atoms with Crippen molar-refractivity contribution < 1.29 is 9.84 Å². The third-order valence-corrected chi connectivity index (χ3v) is 3.04. The Bertz CT molecular complexity index is 376. The summed E-state index contributed by atoms with van der Waals surface area (Å²) in [5.74, 6) is 1.46. The van der Waals surface area contributed by atoms with Crippen molar-refractivity contribution in [1.29, 1.82) is 0 Å². The third kappa shape index (κ3) is 2.50. The second kappa shape index (κ2) is 4.74. The topological polar surface area (TPSA) is 60.2 Å². The second-order valence-electron chi connectivity index (χ2n) is 5.49. The van der Waals surface area contributed by atoms with Gasteiger partial charge in [-0.3, -0.25) is 0 Å². The number of hydrogen-bond acceptors (Lipinski definition) is 4. The molecule has 1 atom stereocenters. The Kier molecular flexibility index (Phi) is 3.49. The first-order chi connectivity index (χ1) is 8.04. The maximum atomic E-state index is 9.33. The fraction of sp³-hybridized carbons (Fsp3) is 0.833. The SMILES string of the molecule is CC(C)(C)n1c(CO)nnc1C1CCCCO1. The molecule has 2 heterocycles. The summed E-state index contributed by atoms with van der Waals surface area (Å²) in [6.07, 6.45) is 3.29. The summed E-state index contributed by atoms with van der Waals surface area (Å²) in [7, 11) is 0. The Hall–Kier alpha value is -0.940. The molecule has 0 aliphatic carbocycles. The van der Waals surface area contributed by atoms with E-state index in [1.807, 2.05) is 4.57 Å². The minimum atomic E-state index is -0.141. The van der Waals surface area contributed by atoms with Crippen molar-refractivity contribution in [2.75, 3.05) is 6.61 Å². The molecule has 1 saturated heterocycles. The van der Waals surface area contributed by atoms with Gasteiger partial charge in [0.1, 0.15) is 12.7 Å². The van der Waals surface area contributed by atoms with Crippen molar-refractivity contribution >= 4 is 0 Å². The molecule has 1 aliphatic rings. The zero-order valence-corrected chi connectivity index (χ0v) is 10.8. The van der Waals surface area contributed by atoms with E-state index in [4.69, 9.17) is 4.74 Å². The lowest BCUT2D eigenvalue weighted by Gasteiger charge is -2.29. The van der Waals surface area contributed by atoms with Crippen molar-refractivity contribution in [3.63, 3.8) is 0 Å². The second-order valence-corrected chi connectivity index (χ2v) is 5.49. The van der Waals surface area contributed by atoms with Crippen LogP contribution in [0.1, 0.15) is 57.8 Å². The molecule has 0 bridgehead atoms. The fourth-order valence-corrected chi connectivity index (χ4v) is 2.32. The van der Waals surface area contributed by atoms with Gasteiger partial charge in [-0.25, -0.2) is 0 Å². The van der Waals surface area contributed by atoms with Gasteiger partial charge >= 0.3 is 0 Å². The van der Waals surface area contributed by atoms with Gasteiger partial charge in [0.25, 0.3) is 0 Å². The van der Waals surface area contributed by atoms with Crippen LogP contribution < -0.4 is 0 Å². The zero-order valence-electron chi connectivity index (χ0n) is 10.8. The van der Waals surface area contributed by atoms with Crippen LogP contribution in [0.15, 0.2) is 0 Å². The van der Waals surface area contributed by atoms with Crippen molar-refractivity contribution in [1.82, 2.24) is 14.8 Å². The van der Waals surface area contributed by atoms with E-state index in [-0.39, 0.29) is 18.2 Å². The summed E-state index contributed by atoms with van der Waals surface area (Å²) < 4.78 is 7.76. The Morgan fingerprint density at radius 1 is 1.35 bits per heavy atom. The summed E-state index contributed by atoms with van der Waals surface area (Å²) in [5, 5.41) is 17.6. The first-order valence-corrected chi connectivity index (χ1v) is 6.21. The lowest BCUT2D eigenvalue weighted by atomic mass is 10.0. The van der Waals surface area contributed by atoms with Gasteiger partial charge < -0.3 is 14.4 Å². The molecular weight excluding hydrogens is 218 g/mol. The van der Waals surface area contributed by atoms with E-state index in [2.05, 4.69) is 31.0 Å². The molecule has 1 aliphatic heterocycles. The summed E-state index contributed by atoms with van der Waals surface area (Å²) in [6.45, 7) is 6.96. The number of ether oxygens (including phenoxy) is 1. The normalized spacial score (nSPS) is 21.8. The van der Waals surface area contributed by atoms with Crippen LogP contribution in [0.3, 0.4) is 0 Å². The summed E-state index contributed by atoms with van der Waals surface area (Å²) in [5.41, 5.74) is -0.141. The monoisotopic (exact) mass is 239 g/mol. The predicted octanol–water partition coefficient (Wildman–Crippen LogP) is 1.77. The minimum Gasteiger partial charge on any atom is -0.388 e. The van der Waals surface area contributed by atoms with Gasteiger partial charge in [-0.05, 0) is 40.0 Å². The molecule has 1 N–H and O–H groups in total. The van der Waals surface area contributed by atoms with Crippen LogP contribution in [0.5, 0.6) is 0 Å². The van der Waals surface area contributed by atoms with Crippen molar-refractivity contribution in [2.45, 2.75) is 58.3 Å². The van der Waals surface area contributed by atoms with Crippen LogP contribution in [-0.2, 0) is 16.9 Å². The van der Waals surface area contributed by atoms with Gasteiger partial charge in [0.2, 0.25) is 0 Å². The smallest absolute Gasteiger partial charge is 0.162 e. The van der Waals surface area contributed by atoms with Crippen LogP contribution in [0.4, 0.5) is 0 Å². The number of nitrogens with zero attached hydrogens (tertiary/aromatic N) is 3. The number of aromatic nitrogens is 3. The Labute approximate surface area is 102 Å². The van der Waals surface area contributed by atoms with E-state index < -0.39 is 0 Å². The van der Waals surface area contributed by atoms with Gasteiger partial charge in [-0.2, -0.15) is 0 Å². The molecule has 96 valence electrons. The standard InChI is InChI=1S/C12H21N3O2/c1-12(2,3)15-10(8-16)13-14-11(15)9-6-4-5-7-17-9/h9,16H,4-8H2,1-3H3. The van der Waals surface area contributed by atoms with Crippen LogP contribution in [0.2, 0.25) is 0 Å². The first kappa shape index (κ1) is 12.5. The maximum Gasteiger partial charge on any atom is 0.162 e. The quantitative estimate of drug-likeness (QED) is 0.854. The molecule has 0 aromatic carbocycles. The van der Waals surface area contributed by atoms with Crippen molar-refractivity contribution in [2.24, 2.45) is 0 Å². The molecule has 1 fully saturated rings. The Balaban J connectivity index is 2.36. The van der Waals surface area contributed by atoms with E-state index in [9.17, 15) is 5.11 Å². The Morgan fingerprint density at radius 3 is 2.65 bits per heavy atom. The van der Waals surface area contributed by atoms with E-state index in [0.717, 1.165) is 31.7 Å². The Morgan fingerprint density at radius 2 is 2.12 bits per heavy atom. The summed E-state index contributed by atoms with van der Waals surface area (Å²) >= 11 is 0. The lowest BCUT2D eigenvalue weighted by Crippen LogP contribution is -2.29. The van der Waals surface area contributed by atoms with Crippen LogP contribution in [0, 0.1) is 0 Å². The van der Waals surface area contributed by atoms with Crippen molar-refractivity contribution in [3.05, 3.63) is 11.6 Å². The molecule has 5 heteroatoms. The molecule has 0 saturated carbocycles. The van der Waals surface area contributed by atoms with E-state index in [0.29, 0.717) is 5.82 Å². The van der Waals surface area contributed by atoms with Crippen LogP contribution in [0.25, 0.3) is 0 Å². The van der Waals surface area contributed by atoms with Gasteiger partial charge in [-0.1, -0.05) is 0 Å². The highest BCUT2D eigenvalue weighted by atomic mass is 16.5. The predicted molar refractivity (Wildman–Crippen MR) is 63.5 cm³/mol. The largest absolute Gasteiger partial charge is 0.388 e. The molecule has 0 amide bonds. The third-order valence-electron chi connectivity index (χ3n) is 3.04. The molecule has 1 aromatic heterocycles. The minimum absolute atomic E-state index is 0.0239. The highest BCUT2D eigenvalue weighted by Crippen LogP contribution is 2.30. The van der Waals surface area contributed by atoms with Crippen LogP contribution in [-0.4, -0.2) is 26.5 Å². The van der Waals surface area contributed by atoms with Crippen LogP contribution >= 0.6 is 0 Å². The molecule has 0 radical (unpaired) electrons. The van der Waals surface area contributed by atoms with Gasteiger partial charge in [-0.15, -0.1) is 10.2 Å². The fourth-order valence-electron chi connectivity index (χ4n) is 2.32. The first-order valence-electron chi connectivity index (χ1n) is 6.21.